The van der Waals surface area contributed by atoms with Crippen LogP contribution in [0.15, 0.2) is 122 Å². The lowest BCUT2D eigenvalue weighted by molar-refractivity contribution is -0.167. The van der Waals surface area contributed by atoms with Gasteiger partial charge in [-0.1, -0.05) is 271 Å². The van der Waals surface area contributed by atoms with Crippen LogP contribution in [0.2, 0.25) is 0 Å². The van der Waals surface area contributed by atoms with Gasteiger partial charge in [-0.25, -0.2) is 0 Å². The second-order valence-corrected chi connectivity index (χ2v) is 20.2. The van der Waals surface area contributed by atoms with Gasteiger partial charge in [0.1, 0.15) is 13.2 Å². The van der Waals surface area contributed by atoms with Crippen LogP contribution in [0.25, 0.3) is 0 Å². The molecule has 6 heteroatoms. The highest BCUT2D eigenvalue weighted by atomic mass is 16.6. The zero-order valence-electron chi connectivity index (χ0n) is 48.8. The molecular formula is C69H114O6. The minimum Gasteiger partial charge on any atom is -0.462 e. The number of ether oxygens (including phenoxy) is 3. The van der Waals surface area contributed by atoms with Crippen molar-refractivity contribution < 1.29 is 28.6 Å². The molecule has 426 valence electrons. The molecule has 0 rings (SSSR count). The van der Waals surface area contributed by atoms with Gasteiger partial charge in [-0.05, 0) is 109 Å². The van der Waals surface area contributed by atoms with Gasteiger partial charge in [0.05, 0.1) is 0 Å². The summed E-state index contributed by atoms with van der Waals surface area (Å²) in [5, 5.41) is 0. The largest absolute Gasteiger partial charge is 0.462 e. The van der Waals surface area contributed by atoms with E-state index in [0.29, 0.717) is 19.3 Å². The van der Waals surface area contributed by atoms with Crippen LogP contribution in [0.5, 0.6) is 0 Å². The highest BCUT2D eigenvalue weighted by molar-refractivity contribution is 5.71. The molecule has 0 radical (unpaired) electrons. The Morgan fingerprint density at radius 3 is 0.867 bits per heavy atom. The molecule has 0 aromatic rings. The number of unbranched alkanes of at least 4 members (excludes halogenated alkanes) is 24. The predicted molar refractivity (Wildman–Crippen MR) is 325 cm³/mol. The predicted octanol–water partition coefficient (Wildman–Crippen LogP) is 21.2. The maximum atomic E-state index is 12.8. The molecular weight excluding hydrogens is 925 g/mol. The Labute approximate surface area is 462 Å². The molecule has 0 heterocycles. The first-order valence-corrected chi connectivity index (χ1v) is 31.0. The van der Waals surface area contributed by atoms with E-state index in [1.165, 1.54) is 96.3 Å². The fourth-order valence-electron chi connectivity index (χ4n) is 8.30. The van der Waals surface area contributed by atoms with E-state index in [0.717, 1.165) is 141 Å². The number of carbonyl (C=O) groups excluding carboxylic acids is 3. The van der Waals surface area contributed by atoms with E-state index in [1.807, 2.05) is 0 Å². The summed E-state index contributed by atoms with van der Waals surface area (Å²) in [5.41, 5.74) is 0. The summed E-state index contributed by atoms with van der Waals surface area (Å²) >= 11 is 0. The Balaban J connectivity index is 4.26. The fraction of sp³-hybridized carbons (Fsp3) is 0.667. The Kier molecular flexibility index (Phi) is 58.9. The molecule has 0 bridgehead atoms. The van der Waals surface area contributed by atoms with Crippen LogP contribution in [-0.2, 0) is 28.6 Å². The van der Waals surface area contributed by atoms with Crippen molar-refractivity contribution in [1.82, 2.24) is 0 Å². The number of allylic oxidation sites excluding steroid dienone is 20. The number of rotatable bonds is 55. The van der Waals surface area contributed by atoms with Crippen LogP contribution in [0.4, 0.5) is 0 Å². The quantitative estimate of drug-likeness (QED) is 0.0261. The van der Waals surface area contributed by atoms with Crippen molar-refractivity contribution in [3.8, 4) is 0 Å². The molecule has 1 atom stereocenters. The zero-order chi connectivity index (χ0) is 54.3. The third-order valence-corrected chi connectivity index (χ3v) is 13.0. The van der Waals surface area contributed by atoms with Crippen molar-refractivity contribution in [2.24, 2.45) is 0 Å². The van der Waals surface area contributed by atoms with Gasteiger partial charge in [-0.15, -0.1) is 0 Å². The molecule has 0 saturated heterocycles. The van der Waals surface area contributed by atoms with E-state index in [-0.39, 0.29) is 31.1 Å². The first-order chi connectivity index (χ1) is 37.0. The van der Waals surface area contributed by atoms with Gasteiger partial charge < -0.3 is 14.2 Å². The smallest absolute Gasteiger partial charge is 0.306 e. The third kappa shape index (κ3) is 60.6. The van der Waals surface area contributed by atoms with Gasteiger partial charge in [-0.3, -0.25) is 14.4 Å². The van der Waals surface area contributed by atoms with Gasteiger partial charge in [-0.2, -0.15) is 0 Å². The summed E-state index contributed by atoms with van der Waals surface area (Å²) < 4.78 is 16.8. The lowest BCUT2D eigenvalue weighted by Crippen LogP contribution is -2.30. The molecule has 75 heavy (non-hydrogen) atoms. The first kappa shape index (κ1) is 70.8. The second-order valence-electron chi connectivity index (χ2n) is 20.2. The normalized spacial score (nSPS) is 12.9. The maximum absolute atomic E-state index is 12.8. The lowest BCUT2D eigenvalue weighted by atomic mass is 10.0. The van der Waals surface area contributed by atoms with E-state index in [1.54, 1.807) is 0 Å². The topological polar surface area (TPSA) is 78.9 Å². The van der Waals surface area contributed by atoms with Crippen molar-refractivity contribution in [1.29, 1.82) is 0 Å². The minimum atomic E-state index is -0.789. The molecule has 0 saturated carbocycles. The SMILES string of the molecule is CC/C=C\C/C=C\C/C=C\C/C=C\C/C=C\C/C=C\C/C=C\C/C=C\C/C=C\CCCCCCCC(=O)OCC(COC(=O)CCCCCCC/C=C\CCCC)OC(=O)CCCCCCCCCCCCCCC. The van der Waals surface area contributed by atoms with Gasteiger partial charge in [0, 0.05) is 19.3 Å². The summed E-state index contributed by atoms with van der Waals surface area (Å²) in [4.78, 5) is 38.1. The van der Waals surface area contributed by atoms with Crippen molar-refractivity contribution in [2.75, 3.05) is 13.2 Å². The van der Waals surface area contributed by atoms with Crippen molar-refractivity contribution in [3.63, 3.8) is 0 Å². The minimum absolute atomic E-state index is 0.0881. The second kappa shape index (κ2) is 62.4. The highest BCUT2D eigenvalue weighted by Crippen LogP contribution is 2.15. The third-order valence-electron chi connectivity index (χ3n) is 13.0. The van der Waals surface area contributed by atoms with E-state index in [2.05, 4.69) is 142 Å². The van der Waals surface area contributed by atoms with Crippen LogP contribution in [0, 0.1) is 0 Å². The van der Waals surface area contributed by atoms with E-state index in [9.17, 15) is 14.4 Å². The van der Waals surface area contributed by atoms with Gasteiger partial charge >= 0.3 is 17.9 Å². The molecule has 0 aliphatic heterocycles. The summed E-state index contributed by atoms with van der Waals surface area (Å²) in [7, 11) is 0. The number of hydrogen-bond donors (Lipinski definition) is 0. The molecule has 1 unspecified atom stereocenters. The lowest BCUT2D eigenvalue weighted by Gasteiger charge is -2.18. The zero-order valence-corrected chi connectivity index (χ0v) is 48.8. The molecule has 0 fully saturated rings. The number of esters is 3. The molecule has 0 aromatic carbocycles. The Morgan fingerprint density at radius 1 is 0.280 bits per heavy atom. The van der Waals surface area contributed by atoms with Gasteiger partial charge in [0.25, 0.3) is 0 Å². The molecule has 0 aliphatic rings. The summed E-state index contributed by atoms with van der Waals surface area (Å²) in [6.45, 7) is 6.47. The molecule has 0 N–H and O–H groups in total. The van der Waals surface area contributed by atoms with Crippen molar-refractivity contribution in [3.05, 3.63) is 122 Å². The maximum Gasteiger partial charge on any atom is 0.306 e. The Bertz CT molecular complexity index is 1570. The summed E-state index contributed by atoms with van der Waals surface area (Å²) in [6, 6.07) is 0. The van der Waals surface area contributed by atoms with Crippen molar-refractivity contribution in [2.45, 2.75) is 284 Å². The van der Waals surface area contributed by atoms with Crippen LogP contribution >= 0.6 is 0 Å². The average molecular weight is 1040 g/mol. The van der Waals surface area contributed by atoms with E-state index < -0.39 is 6.10 Å². The summed E-state index contributed by atoms with van der Waals surface area (Å²) in [5.74, 6) is -0.915. The van der Waals surface area contributed by atoms with Crippen LogP contribution in [0.3, 0.4) is 0 Å². The molecule has 0 spiro atoms. The summed E-state index contributed by atoms with van der Waals surface area (Å²) in [6.07, 6.45) is 86.3. The molecule has 0 aliphatic carbocycles. The number of hydrogen-bond acceptors (Lipinski definition) is 6. The fourth-order valence-corrected chi connectivity index (χ4v) is 8.30. The monoisotopic (exact) mass is 1040 g/mol. The Hall–Kier alpha value is -4.19. The molecule has 0 aromatic heterocycles. The van der Waals surface area contributed by atoms with Crippen LogP contribution in [0.1, 0.15) is 278 Å². The molecule has 0 amide bonds. The Morgan fingerprint density at radius 2 is 0.533 bits per heavy atom. The van der Waals surface area contributed by atoms with Crippen LogP contribution in [-0.4, -0.2) is 37.2 Å². The first-order valence-electron chi connectivity index (χ1n) is 31.0. The average Bonchev–Trinajstić information content (AvgIpc) is 3.41. The van der Waals surface area contributed by atoms with E-state index in [4.69, 9.17) is 14.2 Å². The number of carbonyl (C=O) groups is 3. The van der Waals surface area contributed by atoms with E-state index >= 15 is 0 Å². The molecule has 6 nitrogen and oxygen atoms in total. The standard InChI is InChI=1S/C69H114O6/c1-4-7-10-13-16-19-22-24-25-26-27-28-29-30-31-32-33-34-35-36-37-38-39-40-41-42-43-45-47-50-53-56-59-62-68(71)74-65-66(64-73-67(70)61-58-55-52-49-46-21-18-15-12-9-6-3)75-69(72)63-60-57-54-51-48-44-23-20-17-14-11-8-5-2/h7,10,15-16,18-19,24-25,27-28,30-31,33-34,36-37,39-40,42-43,66H,4-6,8-9,11-14,17,20-23,26,29,32,35,38,41,44-65H2,1-3H3/b10-7-,18-15-,19-16-,25-24-,28-27-,31-30-,34-33-,37-36-,40-39-,43-42-. The highest BCUT2D eigenvalue weighted by Gasteiger charge is 2.19. The van der Waals surface area contributed by atoms with Crippen molar-refractivity contribution >= 4 is 17.9 Å². The van der Waals surface area contributed by atoms with Gasteiger partial charge in [0.15, 0.2) is 6.10 Å². The van der Waals surface area contributed by atoms with Crippen LogP contribution < -0.4 is 0 Å². The van der Waals surface area contributed by atoms with Gasteiger partial charge in [0.2, 0.25) is 0 Å².